The van der Waals surface area contributed by atoms with Crippen molar-refractivity contribution in [1.29, 1.82) is 0 Å². The average molecular weight is 337 g/mol. The molecule has 0 radical (unpaired) electrons. The smallest absolute Gasteiger partial charge is 0.376 e. The molecule has 2 unspecified atom stereocenters. The van der Waals surface area contributed by atoms with E-state index in [1.54, 1.807) is 0 Å². The molecule has 0 bridgehead atoms. The highest BCUT2D eigenvalue weighted by Gasteiger charge is 2.38. The fourth-order valence-electron chi connectivity index (χ4n) is 1.97. The quantitative estimate of drug-likeness (QED) is 0.402. The molecular weight excluding hydrogens is 304 g/mol. The molecule has 2 aliphatic rings. The first-order valence-corrected chi connectivity index (χ1v) is 10.4. The van der Waals surface area contributed by atoms with E-state index in [1.165, 1.54) is 0 Å². The summed E-state index contributed by atoms with van der Waals surface area (Å²) in [7, 11) is -2.30. The zero-order valence-corrected chi connectivity index (χ0v) is 15.5. The number of hydrogen-bond acceptors (Lipinski definition) is 6. The van der Waals surface area contributed by atoms with Crippen LogP contribution in [0.2, 0.25) is 6.04 Å². The molecule has 7 heteroatoms. The van der Waals surface area contributed by atoms with Crippen LogP contribution in [-0.4, -0.2) is 67.3 Å². The van der Waals surface area contributed by atoms with Crippen LogP contribution in [0.15, 0.2) is 0 Å². The van der Waals surface area contributed by atoms with Crippen molar-refractivity contribution in [3.05, 3.63) is 0 Å². The summed E-state index contributed by atoms with van der Waals surface area (Å²) in [6.45, 7) is 13.3. The standard InChI is InChI=1S/C9H22O3Si.C6H10O3/c1-5-9-13(10-6-2,11-7-3)12-8-4;1(5-3-8-5)7-2-6-4-9-6/h5-9H2,1-4H3;5-6H,1-4H2. The Bertz CT molecular complexity index is 229. The van der Waals surface area contributed by atoms with Gasteiger partial charge in [-0.05, 0) is 20.8 Å². The molecule has 0 aromatic rings. The van der Waals surface area contributed by atoms with Crippen molar-refractivity contribution in [2.45, 2.75) is 52.4 Å². The Morgan fingerprint density at radius 1 is 0.818 bits per heavy atom. The average Bonchev–Trinajstić information content (AvgIpc) is 3.36. The summed E-state index contributed by atoms with van der Waals surface area (Å²) in [6.07, 6.45) is 1.83. The Labute approximate surface area is 135 Å². The lowest BCUT2D eigenvalue weighted by atomic mass is 10.5. The lowest BCUT2D eigenvalue weighted by molar-refractivity contribution is 0.0712. The van der Waals surface area contributed by atoms with Crippen molar-refractivity contribution in [2.24, 2.45) is 0 Å². The normalized spacial score (nSPS) is 22.9. The Hall–Kier alpha value is -0.0231. The highest BCUT2D eigenvalue weighted by atomic mass is 28.4. The topological polar surface area (TPSA) is 62.0 Å². The van der Waals surface area contributed by atoms with Crippen LogP contribution in [0.1, 0.15) is 34.1 Å². The highest BCUT2D eigenvalue weighted by Crippen LogP contribution is 2.17. The maximum Gasteiger partial charge on any atom is 0.500 e. The van der Waals surface area contributed by atoms with E-state index in [0.717, 1.165) is 38.9 Å². The van der Waals surface area contributed by atoms with Gasteiger partial charge in [-0.1, -0.05) is 13.3 Å². The Morgan fingerprint density at radius 2 is 1.23 bits per heavy atom. The molecule has 0 aliphatic carbocycles. The molecule has 0 saturated carbocycles. The molecule has 2 atom stereocenters. The van der Waals surface area contributed by atoms with Gasteiger partial charge in [0.25, 0.3) is 0 Å². The van der Waals surface area contributed by atoms with Gasteiger partial charge >= 0.3 is 8.80 Å². The molecule has 0 aromatic carbocycles. The van der Waals surface area contributed by atoms with Crippen LogP contribution >= 0.6 is 0 Å². The first-order chi connectivity index (χ1) is 10.7. The lowest BCUT2D eigenvalue weighted by Gasteiger charge is -2.27. The van der Waals surface area contributed by atoms with Gasteiger partial charge in [-0.3, -0.25) is 0 Å². The van der Waals surface area contributed by atoms with Gasteiger partial charge < -0.3 is 27.5 Å². The van der Waals surface area contributed by atoms with E-state index in [1.807, 2.05) is 20.8 Å². The van der Waals surface area contributed by atoms with E-state index in [4.69, 9.17) is 27.5 Å². The Balaban J connectivity index is 0.000000231. The second-order valence-corrected chi connectivity index (χ2v) is 7.91. The largest absolute Gasteiger partial charge is 0.500 e. The summed E-state index contributed by atoms with van der Waals surface area (Å²) in [4.78, 5) is 0. The predicted octanol–water partition coefficient (Wildman–Crippen LogP) is 2.25. The van der Waals surface area contributed by atoms with E-state index in [0.29, 0.717) is 32.0 Å². The molecule has 0 spiro atoms. The summed E-state index contributed by atoms with van der Waals surface area (Å²) in [6, 6.07) is 0.919. The first-order valence-electron chi connectivity index (χ1n) is 8.42. The molecule has 2 fully saturated rings. The van der Waals surface area contributed by atoms with E-state index in [-0.39, 0.29) is 0 Å². The van der Waals surface area contributed by atoms with Crippen LogP contribution in [0.25, 0.3) is 0 Å². The lowest BCUT2D eigenvalue weighted by Crippen LogP contribution is -2.45. The summed E-state index contributed by atoms with van der Waals surface area (Å²) < 4.78 is 32.1. The molecule has 6 nitrogen and oxygen atoms in total. The van der Waals surface area contributed by atoms with E-state index >= 15 is 0 Å². The third kappa shape index (κ3) is 9.19. The fraction of sp³-hybridized carbons (Fsp3) is 1.00. The van der Waals surface area contributed by atoms with Crippen molar-refractivity contribution in [1.82, 2.24) is 0 Å². The Morgan fingerprint density at radius 3 is 1.50 bits per heavy atom. The van der Waals surface area contributed by atoms with Crippen molar-refractivity contribution < 1.29 is 27.5 Å². The maximum absolute atomic E-state index is 5.65. The summed E-state index contributed by atoms with van der Waals surface area (Å²) >= 11 is 0. The molecule has 2 heterocycles. The van der Waals surface area contributed by atoms with Gasteiger partial charge in [0, 0.05) is 25.9 Å². The molecule has 2 saturated heterocycles. The van der Waals surface area contributed by atoms with Crippen LogP contribution in [-0.2, 0) is 27.5 Å². The van der Waals surface area contributed by atoms with Crippen molar-refractivity contribution in [3.63, 3.8) is 0 Å². The van der Waals surface area contributed by atoms with Gasteiger partial charge in [-0.25, -0.2) is 0 Å². The Kier molecular flexibility index (Phi) is 10.5. The molecule has 0 N–H and O–H groups in total. The zero-order valence-electron chi connectivity index (χ0n) is 14.5. The molecular formula is C15H32O6Si. The number of epoxide rings is 2. The van der Waals surface area contributed by atoms with Crippen LogP contribution < -0.4 is 0 Å². The second-order valence-electron chi connectivity index (χ2n) is 5.18. The van der Waals surface area contributed by atoms with Gasteiger partial charge in [0.05, 0.1) is 26.4 Å². The van der Waals surface area contributed by atoms with Crippen LogP contribution in [0.3, 0.4) is 0 Å². The third-order valence-corrected chi connectivity index (χ3v) is 6.36. The number of rotatable bonds is 12. The van der Waals surface area contributed by atoms with Gasteiger partial charge in [-0.15, -0.1) is 0 Å². The van der Waals surface area contributed by atoms with Crippen LogP contribution in [0.5, 0.6) is 0 Å². The minimum absolute atomic E-state index is 0.392. The summed E-state index contributed by atoms with van der Waals surface area (Å²) in [5.41, 5.74) is 0. The van der Waals surface area contributed by atoms with Gasteiger partial charge in [-0.2, -0.15) is 0 Å². The maximum atomic E-state index is 5.65. The van der Waals surface area contributed by atoms with Gasteiger partial charge in [0.2, 0.25) is 0 Å². The van der Waals surface area contributed by atoms with Gasteiger partial charge in [0.15, 0.2) is 0 Å². The molecule has 2 rings (SSSR count). The van der Waals surface area contributed by atoms with Crippen LogP contribution in [0, 0.1) is 0 Å². The number of ether oxygens (including phenoxy) is 3. The second kappa shape index (κ2) is 11.5. The highest BCUT2D eigenvalue weighted by molar-refractivity contribution is 6.60. The minimum atomic E-state index is -2.30. The van der Waals surface area contributed by atoms with Crippen molar-refractivity contribution in [3.8, 4) is 0 Å². The van der Waals surface area contributed by atoms with E-state index in [2.05, 4.69) is 6.92 Å². The molecule has 2 aliphatic heterocycles. The molecule has 22 heavy (non-hydrogen) atoms. The van der Waals surface area contributed by atoms with Crippen molar-refractivity contribution in [2.75, 3.05) is 46.2 Å². The molecule has 0 aromatic heterocycles. The fourth-order valence-corrected chi connectivity index (χ4v) is 4.58. The minimum Gasteiger partial charge on any atom is -0.376 e. The van der Waals surface area contributed by atoms with Crippen LogP contribution in [0.4, 0.5) is 0 Å². The predicted molar refractivity (Wildman–Crippen MR) is 86.0 cm³/mol. The van der Waals surface area contributed by atoms with E-state index in [9.17, 15) is 0 Å². The summed E-state index contributed by atoms with van der Waals surface area (Å²) in [5.74, 6) is 0. The summed E-state index contributed by atoms with van der Waals surface area (Å²) in [5, 5.41) is 0. The third-order valence-electron chi connectivity index (χ3n) is 3.06. The van der Waals surface area contributed by atoms with E-state index < -0.39 is 8.80 Å². The molecule has 132 valence electrons. The zero-order chi connectivity index (χ0) is 16.3. The van der Waals surface area contributed by atoms with Crippen molar-refractivity contribution >= 4 is 8.80 Å². The van der Waals surface area contributed by atoms with Gasteiger partial charge in [0.1, 0.15) is 12.2 Å². The monoisotopic (exact) mass is 336 g/mol. The first kappa shape index (κ1) is 20.0. The molecule has 0 amide bonds. The SMILES string of the molecule is C(OCC1CO1)C1CO1.CCC[Si](OCC)(OCC)OCC. The number of hydrogen-bond donors (Lipinski definition) is 0.